The van der Waals surface area contributed by atoms with Crippen LogP contribution in [0.2, 0.25) is 0 Å². The van der Waals surface area contributed by atoms with Gasteiger partial charge in [0.2, 0.25) is 12.5 Å². The summed E-state index contributed by atoms with van der Waals surface area (Å²) in [5.41, 5.74) is 2.46. The lowest BCUT2D eigenvalue weighted by Gasteiger charge is -2.50. The quantitative estimate of drug-likeness (QED) is 0.416. The number of ether oxygens (including phenoxy) is 6. The molecule has 0 aromatic heterocycles. The number of fused-ring (bicyclic) bond motifs is 3. The van der Waals surface area contributed by atoms with E-state index in [4.69, 9.17) is 28.4 Å². The zero-order chi connectivity index (χ0) is 21.9. The largest absolute Gasteiger partial charge is 0.632 e. The first-order valence-electron chi connectivity index (χ1n) is 9.92. The van der Waals surface area contributed by atoms with Crippen molar-refractivity contribution in [2.24, 2.45) is 0 Å². The van der Waals surface area contributed by atoms with E-state index in [1.54, 1.807) is 19.2 Å². The molecule has 0 saturated carbocycles. The molecule has 0 bridgehead atoms. The van der Waals surface area contributed by atoms with E-state index in [-0.39, 0.29) is 12.4 Å². The standard InChI is InChI=1S/C22H23NO8/c1-23(25)8-7-11-9-14-20(30-10-29-14)21(28-4)15(11)17(23)18-12-5-6-13(26-2)19(27-3)16(12)22(24)31-18/h5-6,9,17-18H,7-8,10H2,1-4H3/t17-,18+,23?/m0/s1. The molecule has 9 nitrogen and oxygen atoms in total. The lowest BCUT2D eigenvalue weighted by Crippen LogP contribution is -2.48. The summed E-state index contributed by atoms with van der Waals surface area (Å²) in [6, 6.07) is 4.59. The second-order valence-corrected chi connectivity index (χ2v) is 7.90. The summed E-state index contributed by atoms with van der Waals surface area (Å²) in [5, 5.41) is 13.7. The molecule has 5 rings (SSSR count). The van der Waals surface area contributed by atoms with Crippen LogP contribution in [-0.2, 0) is 11.2 Å². The number of cyclic esters (lactones) is 1. The van der Waals surface area contributed by atoms with E-state index in [0.717, 1.165) is 5.56 Å². The highest BCUT2D eigenvalue weighted by molar-refractivity contribution is 5.98. The second kappa shape index (κ2) is 6.93. The number of carbonyl (C=O) groups is 1. The van der Waals surface area contributed by atoms with Gasteiger partial charge in [-0.05, 0) is 17.7 Å². The van der Waals surface area contributed by atoms with Crippen molar-refractivity contribution in [1.82, 2.24) is 0 Å². The molecule has 0 radical (unpaired) electrons. The van der Waals surface area contributed by atoms with Gasteiger partial charge in [0.25, 0.3) is 0 Å². The number of methoxy groups -OCH3 is 3. The molecule has 3 heterocycles. The average molecular weight is 429 g/mol. The van der Waals surface area contributed by atoms with Gasteiger partial charge in [-0.2, -0.15) is 0 Å². The molecule has 0 aliphatic carbocycles. The molecule has 164 valence electrons. The molecule has 3 aliphatic rings. The van der Waals surface area contributed by atoms with Crippen molar-refractivity contribution in [1.29, 1.82) is 0 Å². The molecule has 3 aliphatic heterocycles. The first-order valence-corrected chi connectivity index (χ1v) is 9.92. The maximum Gasteiger partial charge on any atom is 0.343 e. The Bertz CT molecular complexity index is 1080. The lowest BCUT2D eigenvalue weighted by atomic mass is 9.85. The van der Waals surface area contributed by atoms with Gasteiger partial charge >= 0.3 is 5.97 Å². The van der Waals surface area contributed by atoms with Gasteiger partial charge < -0.3 is 38.3 Å². The van der Waals surface area contributed by atoms with E-state index >= 15 is 0 Å². The Kier molecular flexibility index (Phi) is 4.42. The molecule has 9 heteroatoms. The first kappa shape index (κ1) is 19.8. The monoisotopic (exact) mass is 429 g/mol. The number of quaternary nitrogens is 1. The molecule has 31 heavy (non-hydrogen) atoms. The molecule has 1 unspecified atom stereocenters. The highest BCUT2D eigenvalue weighted by Crippen LogP contribution is 2.56. The number of hydroxylamine groups is 3. The van der Waals surface area contributed by atoms with Crippen LogP contribution < -0.4 is 23.7 Å². The number of esters is 1. The number of hydrogen-bond acceptors (Lipinski definition) is 8. The molecule has 0 N–H and O–H groups in total. The summed E-state index contributed by atoms with van der Waals surface area (Å²) in [7, 11) is 6.08. The van der Waals surface area contributed by atoms with Crippen LogP contribution in [0.5, 0.6) is 28.7 Å². The van der Waals surface area contributed by atoms with Crippen LogP contribution in [0.15, 0.2) is 18.2 Å². The molecule has 2 aromatic rings. The Hall–Kier alpha value is -3.17. The molecule has 0 amide bonds. The second-order valence-electron chi connectivity index (χ2n) is 7.90. The fourth-order valence-electron chi connectivity index (χ4n) is 4.87. The van der Waals surface area contributed by atoms with Crippen LogP contribution in [0.3, 0.4) is 0 Å². The fourth-order valence-corrected chi connectivity index (χ4v) is 4.87. The molecule has 0 spiro atoms. The molecule has 2 aromatic carbocycles. The van der Waals surface area contributed by atoms with Gasteiger partial charge in [-0.15, -0.1) is 0 Å². The maximum absolute atomic E-state index is 13.7. The van der Waals surface area contributed by atoms with Crippen molar-refractivity contribution in [2.75, 3.05) is 41.7 Å². The van der Waals surface area contributed by atoms with Crippen molar-refractivity contribution >= 4 is 5.97 Å². The maximum atomic E-state index is 13.7. The van der Waals surface area contributed by atoms with Crippen LogP contribution in [0, 0.1) is 5.21 Å². The van der Waals surface area contributed by atoms with Crippen LogP contribution in [0.4, 0.5) is 0 Å². The van der Waals surface area contributed by atoms with E-state index in [1.807, 2.05) is 6.07 Å². The van der Waals surface area contributed by atoms with Crippen molar-refractivity contribution < 1.29 is 37.9 Å². The predicted molar refractivity (Wildman–Crippen MR) is 108 cm³/mol. The Morgan fingerprint density at radius 2 is 1.87 bits per heavy atom. The van der Waals surface area contributed by atoms with Gasteiger partial charge in [0.05, 0.1) is 40.5 Å². The predicted octanol–water partition coefficient (Wildman–Crippen LogP) is 2.89. The third-order valence-electron chi connectivity index (χ3n) is 6.27. The third-order valence-corrected chi connectivity index (χ3v) is 6.27. The summed E-state index contributed by atoms with van der Waals surface area (Å²) < 4.78 is 32.8. The van der Waals surface area contributed by atoms with E-state index < -0.39 is 22.8 Å². The van der Waals surface area contributed by atoms with Crippen LogP contribution in [0.1, 0.15) is 39.2 Å². The molecular weight excluding hydrogens is 406 g/mol. The van der Waals surface area contributed by atoms with Crippen molar-refractivity contribution in [3.63, 3.8) is 0 Å². The third kappa shape index (κ3) is 2.73. The van der Waals surface area contributed by atoms with Gasteiger partial charge in [0.1, 0.15) is 5.56 Å². The Morgan fingerprint density at radius 1 is 1.10 bits per heavy atom. The van der Waals surface area contributed by atoms with E-state index in [0.29, 0.717) is 52.8 Å². The van der Waals surface area contributed by atoms with Gasteiger partial charge in [0.15, 0.2) is 35.1 Å². The normalized spacial score (nSPS) is 25.5. The Labute approximate surface area is 179 Å². The van der Waals surface area contributed by atoms with E-state index in [1.165, 1.54) is 21.3 Å². The molecule has 0 fully saturated rings. The number of hydrogen-bond donors (Lipinski definition) is 0. The minimum atomic E-state index is -0.821. The summed E-state index contributed by atoms with van der Waals surface area (Å²) >= 11 is 0. The van der Waals surface area contributed by atoms with Crippen molar-refractivity contribution in [2.45, 2.75) is 18.6 Å². The summed E-state index contributed by atoms with van der Waals surface area (Å²) in [6.45, 7) is 0.401. The zero-order valence-electron chi connectivity index (χ0n) is 17.7. The van der Waals surface area contributed by atoms with E-state index in [2.05, 4.69) is 0 Å². The SMILES string of the molecule is COc1ccc2c(c1OC)C(=O)O[C@H]2[C@@H]1c2c(cc3c(c2OC)OCO3)CC[N+]1(C)[O-]. The lowest BCUT2D eigenvalue weighted by molar-refractivity contribution is -0.899. The zero-order valence-corrected chi connectivity index (χ0v) is 17.7. The molecule has 3 atom stereocenters. The molecular formula is C22H23NO8. The van der Waals surface area contributed by atoms with Crippen molar-refractivity contribution in [3.05, 3.63) is 45.7 Å². The first-order chi connectivity index (χ1) is 14.9. The summed E-state index contributed by atoms with van der Waals surface area (Å²) in [4.78, 5) is 12.9. The Morgan fingerprint density at radius 3 is 2.58 bits per heavy atom. The van der Waals surface area contributed by atoms with Crippen LogP contribution >= 0.6 is 0 Å². The Balaban J connectivity index is 1.72. The molecule has 0 saturated heterocycles. The highest BCUT2D eigenvalue weighted by Gasteiger charge is 2.50. The summed E-state index contributed by atoms with van der Waals surface area (Å²) in [6.07, 6.45) is -0.281. The number of likely N-dealkylation sites (N-methyl/N-ethyl adjacent to an activating group) is 1. The topological polar surface area (TPSA) is 95.5 Å². The number of nitrogens with zero attached hydrogens (tertiary/aromatic N) is 1. The van der Waals surface area contributed by atoms with Gasteiger partial charge in [-0.1, -0.05) is 6.07 Å². The smallest absolute Gasteiger partial charge is 0.343 e. The number of carbonyl (C=O) groups excluding carboxylic acids is 1. The minimum absolute atomic E-state index is 0.0843. The van der Waals surface area contributed by atoms with Gasteiger partial charge in [-0.25, -0.2) is 4.79 Å². The van der Waals surface area contributed by atoms with Crippen molar-refractivity contribution in [3.8, 4) is 28.7 Å². The van der Waals surface area contributed by atoms with Gasteiger partial charge in [-0.3, -0.25) is 0 Å². The summed E-state index contributed by atoms with van der Waals surface area (Å²) in [5.74, 6) is 1.66. The van der Waals surface area contributed by atoms with Gasteiger partial charge in [0, 0.05) is 12.0 Å². The number of rotatable bonds is 4. The van der Waals surface area contributed by atoms with Crippen LogP contribution in [-0.4, -0.2) is 52.3 Å². The number of benzene rings is 2. The highest BCUT2D eigenvalue weighted by atomic mass is 16.7. The average Bonchev–Trinajstić information content (AvgIpc) is 3.35. The fraction of sp³-hybridized carbons (Fsp3) is 0.409. The van der Waals surface area contributed by atoms with E-state index in [9.17, 15) is 10.0 Å². The minimum Gasteiger partial charge on any atom is -0.632 e. The van der Waals surface area contributed by atoms with Crippen LogP contribution in [0.25, 0.3) is 0 Å².